The predicted molar refractivity (Wildman–Crippen MR) is 70.4 cm³/mol. The fraction of sp³-hybridized carbons (Fsp3) is 0. The van der Waals surface area contributed by atoms with E-state index in [1.807, 2.05) is 70.0 Å². The first-order valence-electron chi connectivity index (χ1n) is 5.68. The zero-order chi connectivity index (χ0) is 12.2. The fourth-order valence-electron chi connectivity index (χ4n) is 1.73. The van der Waals surface area contributed by atoms with Crippen molar-refractivity contribution in [1.29, 1.82) is 0 Å². The molecule has 0 aromatic carbocycles. The highest BCUT2D eigenvalue weighted by molar-refractivity contribution is 5.43. The normalized spacial score (nSPS) is 10.2. The standard InChI is InChI=1S/2C7H6N2/c1-2-5-9-6-4-8-7(9)3-1;1-2-4-9-6-8-5-7(9)3-1/h2*1-6H. The summed E-state index contributed by atoms with van der Waals surface area (Å²) in [5.41, 5.74) is 2.13. The molecule has 0 spiro atoms. The van der Waals surface area contributed by atoms with Crippen LogP contribution in [0.5, 0.6) is 0 Å². The molecule has 0 saturated carbocycles. The van der Waals surface area contributed by atoms with E-state index in [1.54, 1.807) is 12.5 Å². The lowest BCUT2D eigenvalue weighted by molar-refractivity contribution is 1.15. The van der Waals surface area contributed by atoms with Gasteiger partial charge in [0.25, 0.3) is 0 Å². The summed E-state index contributed by atoms with van der Waals surface area (Å²) >= 11 is 0. The Morgan fingerprint density at radius 2 is 1.67 bits per heavy atom. The lowest BCUT2D eigenvalue weighted by Gasteiger charge is -1.86. The van der Waals surface area contributed by atoms with Crippen LogP contribution in [0, 0.1) is 0 Å². The minimum Gasteiger partial charge on any atom is -0.307 e. The number of rotatable bonds is 0. The van der Waals surface area contributed by atoms with Crippen LogP contribution in [0.4, 0.5) is 0 Å². The zero-order valence-corrected chi connectivity index (χ0v) is 9.72. The third-order valence-corrected chi connectivity index (χ3v) is 2.62. The third-order valence-electron chi connectivity index (χ3n) is 2.62. The molecule has 0 fully saturated rings. The molecule has 0 aliphatic carbocycles. The van der Waals surface area contributed by atoms with Gasteiger partial charge in [-0.3, -0.25) is 0 Å². The summed E-state index contributed by atoms with van der Waals surface area (Å²) in [7, 11) is 0. The Balaban J connectivity index is 0.000000111. The van der Waals surface area contributed by atoms with Crippen molar-refractivity contribution in [2.24, 2.45) is 0 Å². The van der Waals surface area contributed by atoms with E-state index in [2.05, 4.69) is 9.97 Å². The second-order valence-electron chi connectivity index (χ2n) is 3.82. The number of imidazole rings is 2. The van der Waals surface area contributed by atoms with Crippen LogP contribution in [-0.2, 0) is 0 Å². The van der Waals surface area contributed by atoms with E-state index in [0.717, 1.165) is 11.2 Å². The summed E-state index contributed by atoms with van der Waals surface area (Å²) in [5.74, 6) is 0. The molecule has 4 heterocycles. The van der Waals surface area contributed by atoms with Crippen LogP contribution in [0.3, 0.4) is 0 Å². The molecule has 0 radical (unpaired) electrons. The van der Waals surface area contributed by atoms with Gasteiger partial charge in [-0.15, -0.1) is 0 Å². The third kappa shape index (κ3) is 2.08. The van der Waals surface area contributed by atoms with Crippen LogP contribution in [0.25, 0.3) is 11.2 Å². The van der Waals surface area contributed by atoms with E-state index >= 15 is 0 Å². The first-order valence-corrected chi connectivity index (χ1v) is 5.68. The summed E-state index contributed by atoms with van der Waals surface area (Å²) in [6.07, 6.45) is 11.3. The summed E-state index contributed by atoms with van der Waals surface area (Å²) in [5, 5.41) is 0. The molecule has 4 aromatic rings. The van der Waals surface area contributed by atoms with Gasteiger partial charge in [0.15, 0.2) is 0 Å². The van der Waals surface area contributed by atoms with E-state index in [-0.39, 0.29) is 0 Å². The van der Waals surface area contributed by atoms with Crippen molar-refractivity contribution in [3.63, 3.8) is 0 Å². The van der Waals surface area contributed by atoms with Crippen LogP contribution >= 0.6 is 0 Å². The molecule has 0 atom stereocenters. The molecule has 0 aliphatic heterocycles. The summed E-state index contributed by atoms with van der Waals surface area (Å²) < 4.78 is 3.94. The van der Waals surface area contributed by atoms with Gasteiger partial charge in [0.1, 0.15) is 5.65 Å². The quantitative estimate of drug-likeness (QED) is 0.470. The molecule has 0 amide bonds. The lowest BCUT2D eigenvalue weighted by Crippen LogP contribution is -1.77. The topological polar surface area (TPSA) is 34.6 Å². The molecule has 4 heteroatoms. The molecule has 0 saturated heterocycles. The Hall–Kier alpha value is -2.62. The summed E-state index contributed by atoms with van der Waals surface area (Å²) in [6, 6.07) is 11.9. The second kappa shape index (κ2) is 4.71. The molecule has 0 N–H and O–H groups in total. The van der Waals surface area contributed by atoms with Crippen molar-refractivity contribution in [3.05, 3.63) is 73.7 Å². The number of hydrogen-bond acceptors (Lipinski definition) is 2. The van der Waals surface area contributed by atoms with Crippen molar-refractivity contribution < 1.29 is 0 Å². The Bertz CT molecular complexity index is 628. The van der Waals surface area contributed by atoms with Gasteiger partial charge >= 0.3 is 0 Å². The van der Waals surface area contributed by atoms with Crippen molar-refractivity contribution in [3.8, 4) is 0 Å². The molecule has 18 heavy (non-hydrogen) atoms. The van der Waals surface area contributed by atoms with Gasteiger partial charge in [-0.05, 0) is 24.3 Å². The second-order valence-corrected chi connectivity index (χ2v) is 3.82. The first kappa shape index (κ1) is 10.5. The molecule has 0 unspecified atom stereocenters. The number of aromatic nitrogens is 4. The number of pyridine rings is 2. The largest absolute Gasteiger partial charge is 0.307 e. The predicted octanol–water partition coefficient (Wildman–Crippen LogP) is 2.67. The van der Waals surface area contributed by atoms with Crippen molar-refractivity contribution in [1.82, 2.24) is 18.8 Å². The molecule has 0 aliphatic rings. The molecule has 0 bridgehead atoms. The molecular formula is C14H12N4. The highest BCUT2D eigenvalue weighted by Crippen LogP contribution is 1.98. The number of nitrogens with zero attached hydrogens (tertiary/aromatic N) is 4. The van der Waals surface area contributed by atoms with Gasteiger partial charge < -0.3 is 8.80 Å². The minimum absolute atomic E-state index is 0.998. The van der Waals surface area contributed by atoms with Crippen LogP contribution < -0.4 is 0 Å². The van der Waals surface area contributed by atoms with Gasteiger partial charge in [-0.25, -0.2) is 9.97 Å². The number of hydrogen-bond donors (Lipinski definition) is 0. The maximum absolute atomic E-state index is 4.08. The monoisotopic (exact) mass is 236 g/mol. The van der Waals surface area contributed by atoms with Crippen molar-refractivity contribution >= 4 is 11.2 Å². The molecular weight excluding hydrogens is 224 g/mol. The van der Waals surface area contributed by atoms with E-state index in [1.165, 1.54) is 0 Å². The maximum atomic E-state index is 4.08. The molecule has 4 rings (SSSR count). The van der Waals surface area contributed by atoms with Crippen LogP contribution in [0.15, 0.2) is 73.7 Å². The molecule has 4 aromatic heterocycles. The summed E-state index contributed by atoms with van der Waals surface area (Å²) in [6.45, 7) is 0. The first-order chi connectivity index (χ1) is 8.93. The minimum atomic E-state index is 0.998. The number of fused-ring (bicyclic) bond motifs is 2. The Labute approximate surface area is 104 Å². The van der Waals surface area contributed by atoms with E-state index in [4.69, 9.17) is 0 Å². The Morgan fingerprint density at radius 1 is 0.833 bits per heavy atom. The molecule has 88 valence electrons. The van der Waals surface area contributed by atoms with Gasteiger partial charge in [0.2, 0.25) is 0 Å². The average Bonchev–Trinajstić information content (AvgIpc) is 3.08. The van der Waals surface area contributed by atoms with E-state index < -0.39 is 0 Å². The van der Waals surface area contributed by atoms with Crippen molar-refractivity contribution in [2.45, 2.75) is 0 Å². The van der Waals surface area contributed by atoms with Crippen LogP contribution in [-0.4, -0.2) is 18.8 Å². The lowest BCUT2D eigenvalue weighted by atomic mass is 10.4. The van der Waals surface area contributed by atoms with E-state index in [9.17, 15) is 0 Å². The Kier molecular flexibility index (Phi) is 2.75. The maximum Gasteiger partial charge on any atom is 0.136 e. The Morgan fingerprint density at radius 3 is 2.50 bits per heavy atom. The SMILES string of the molecule is c1ccn2ccnc2c1.c1ccn2cncc2c1. The average molecular weight is 236 g/mol. The smallest absolute Gasteiger partial charge is 0.136 e. The van der Waals surface area contributed by atoms with Gasteiger partial charge in [0, 0.05) is 24.8 Å². The van der Waals surface area contributed by atoms with Crippen molar-refractivity contribution in [2.75, 3.05) is 0 Å². The van der Waals surface area contributed by atoms with Crippen LogP contribution in [0.1, 0.15) is 0 Å². The summed E-state index contributed by atoms with van der Waals surface area (Å²) in [4.78, 5) is 8.05. The van der Waals surface area contributed by atoms with Gasteiger partial charge in [0.05, 0.1) is 18.0 Å². The zero-order valence-electron chi connectivity index (χ0n) is 9.72. The van der Waals surface area contributed by atoms with Gasteiger partial charge in [-0.1, -0.05) is 12.1 Å². The fourth-order valence-corrected chi connectivity index (χ4v) is 1.73. The highest BCUT2D eigenvalue weighted by Gasteiger charge is 1.86. The van der Waals surface area contributed by atoms with Gasteiger partial charge in [-0.2, -0.15) is 0 Å². The van der Waals surface area contributed by atoms with E-state index in [0.29, 0.717) is 0 Å². The van der Waals surface area contributed by atoms with Crippen LogP contribution in [0.2, 0.25) is 0 Å². The highest BCUT2D eigenvalue weighted by atomic mass is 15.0. The molecule has 4 nitrogen and oxygen atoms in total.